The molecule has 2 nitrogen and oxygen atoms in total. The van der Waals surface area contributed by atoms with Crippen molar-refractivity contribution in [2.75, 3.05) is 0 Å². The molecule has 0 saturated heterocycles. The maximum atomic E-state index is 12.0. The number of Topliss-reactive ketones (excluding diaryl/α,β-unsaturated/α-hetero) is 1. The molecular formula is C13H14ClNO. The molecule has 84 valence electrons. The van der Waals surface area contributed by atoms with Crippen LogP contribution in [0.4, 0.5) is 0 Å². The summed E-state index contributed by atoms with van der Waals surface area (Å²) in [5.74, 6) is 0.0886. The van der Waals surface area contributed by atoms with Crippen LogP contribution in [0.2, 0.25) is 5.02 Å². The molecule has 0 amide bonds. The molecule has 0 atom stereocenters. The van der Waals surface area contributed by atoms with E-state index in [9.17, 15) is 4.79 Å². The number of allylic oxidation sites excluding steroid dienone is 1. The van der Waals surface area contributed by atoms with Crippen LogP contribution in [0.15, 0.2) is 30.0 Å². The van der Waals surface area contributed by atoms with E-state index in [1.165, 1.54) is 0 Å². The van der Waals surface area contributed by atoms with E-state index in [0.717, 1.165) is 16.7 Å². The highest BCUT2D eigenvalue weighted by molar-refractivity contribution is 6.32. The van der Waals surface area contributed by atoms with Gasteiger partial charge in [-0.05, 0) is 25.5 Å². The third-order valence-electron chi connectivity index (χ3n) is 2.61. The summed E-state index contributed by atoms with van der Waals surface area (Å²) in [6.07, 6.45) is 2.44. The van der Waals surface area contributed by atoms with Gasteiger partial charge in [0.1, 0.15) is 0 Å². The quantitative estimate of drug-likeness (QED) is 0.799. The number of rotatable bonds is 2. The average Bonchev–Trinajstić information content (AvgIpc) is 2.55. The maximum absolute atomic E-state index is 12.0. The minimum absolute atomic E-state index is 0.0886. The van der Waals surface area contributed by atoms with Crippen molar-refractivity contribution in [2.24, 2.45) is 0 Å². The van der Waals surface area contributed by atoms with Crippen molar-refractivity contribution in [1.29, 1.82) is 0 Å². The number of hydrogen-bond donors (Lipinski definition) is 1. The average molecular weight is 236 g/mol. The van der Waals surface area contributed by atoms with Gasteiger partial charge >= 0.3 is 0 Å². The lowest BCUT2D eigenvalue weighted by Crippen LogP contribution is -2.17. The topological polar surface area (TPSA) is 29.1 Å². The molecule has 0 saturated carbocycles. The lowest BCUT2D eigenvalue weighted by Gasteiger charge is -2.04. The first kappa shape index (κ1) is 11.2. The van der Waals surface area contributed by atoms with Crippen molar-refractivity contribution in [3.8, 4) is 0 Å². The second-order valence-corrected chi connectivity index (χ2v) is 4.67. The van der Waals surface area contributed by atoms with E-state index < -0.39 is 0 Å². The van der Waals surface area contributed by atoms with Crippen LogP contribution in [-0.2, 0) is 6.42 Å². The normalized spacial score (nSPS) is 17.0. The van der Waals surface area contributed by atoms with Gasteiger partial charge in [-0.2, -0.15) is 0 Å². The fraction of sp³-hybridized carbons (Fsp3) is 0.308. The molecule has 1 aromatic carbocycles. The van der Waals surface area contributed by atoms with E-state index in [1.807, 2.05) is 38.2 Å². The molecular weight excluding hydrogens is 222 g/mol. The first-order valence-electron chi connectivity index (χ1n) is 5.36. The second-order valence-electron chi connectivity index (χ2n) is 4.26. The Balaban J connectivity index is 2.31. The molecule has 0 fully saturated rings. The Morgan fingerprint density at radius 1 is 1.44 bits per heavy atom. The molecule has 2 rings (SSSR count). The molecule has 1 aliphatic carbocycles. The van der Waals surface area contributed by atoms with Gasteiger partial charge in [0.2, 0.25) is 0 Å². The number of halogens is 1. The smallest absolute Gasteiger partial charge is 0.191 e. The largest absolute Gasteiger partial charge is 0.388 e. The van der Waals surface area contributed by atoms with Crippen LogP contribution in [0, 0.1) is 0 Å². The zero-order valence-corrected chi connectivity index (χ0v) is 10.1. The van der Waals surface area contributed by atoms with Crippen molar-refractivity contribution in [3.63, 3.8) is 0 Å². The molecule has 0 aromatic heterocycles. The first-order chi connectivity index (χ1) is 7.59. The molecule has 1 N–H and O–H groups in total. The van der Waals surface area contributed by atoms with Crippen molar-refractivity contribution in [3.05, 3.63) is 46.1 Å². The summed E-state index contributed by atoms with van der Waals surface area (Å²) >= 11 is 6.06. The van der Waals surface area contributed by atoms with Crippen LogP contribution < -0.4 is 5.32 Å². The first-order valence-corrected chi connectivity index (χ1v) is 5.74. The van der Waals surface area contributed by atoms with Crippen LogP contribution >= 0.6 is 11.6 Å². The van der Waals surface area contributed by atoms with Crippen LogP contribution in [-0.4, -0.2) is 11.8 Å². The van der Waals surface area contributed by atoms with E-state index in [0.29, 0.717) is 17.5 Å². The summed E-state index contributed by atoms with van der Waals surface area (Å²) in [6, 6.07) is 5.81. The molecule has 0 radical (unpaired) electrons. The van der Waals surface area contributed by atoms with E-state index in [-0.39, 0.29) is 5.78 Å². The SMILES string of the molecule is CC(C)N/C=C1\Cc2c(Cl)cccc2C1=O. The van der Waals surface area contributed by atoms with Crippen LogP contribution in [0.25, 0.3) is 0 Å². The van der Waals surface area contributed by atoms with E-state index in [2.05, 4.69) is 5.32 Å². The molecule has 16 heavy (non-hydrogen) atoms. The Hall–Kier alpha value is -1.28. The monoisotopic (exact) mass is 235 g/mol. The third kappa shape index (κ3) is 1.98. The fourth-order valence-corrected chi connectivity index (χ4v) is 2.02. The number of carbonyl (C=O) groups excluding carboxylic acids is 1. The Morgan fingerprint density at radius 2 is 2.19 bits per heavy atom. The molecule has 1 aliphatic rings. The molecule has 0 aliphatic heterocycles. The van der Waals surface area contributed by atoms with Gasteiger partial charge in [0.15, 0.2) is 5.78 Å². The molecule has 0 spiro atoms. The summed E-state index contributed by atoms with van der Waals surface area (Å²) in [5, 5.41) is 3.83. The van der Waals surface area contributed by atoms with E-state index >= 15 is 0 Å². The molecule has 1 aromatic rings. The number of nitrogens with one attached hydrogen (secondary N) is 1. The van der Waals surface area contributed by atoms with Crippen molar-refractivity contribution >= 4 is 17.4 Å². The zero-order valence-electron chi connectivity index (χ0n) is 9.38. The van der Waals surface area contributed by atoms with Crippen molar-refractivity contribution in [1.82, 2.24) is 5.32 Å². The predicted octanol–water partition coefficient (Wildman–Crippen LogP) is 2.96. The fourth-order valence-electron chi connectivity index (χ4n) is 1.78. The standard InChI is InChI=1S/C13H14ClNO/c1-8(2)15-7-9-6-11-10(13(9)16)4-3-5-12(11)14/h3-5,7-8,15H,6H2,1-2H3/b9-7+. The Labute approximate surface area is 100 Å². The van der Waals surface area contributed by atoms with Gasteiger partial charge in [-0.15, -0.1) is 0 Å². The van der Waals surface area contributed by atoms with Gasteiger partial charge in [-0.25, -0.2) is 0 Å². The van der Waals surface area contributed by atoms with Crippen LogP contribution in [0.5, 0.6) is 0 Å². The van der Waals surface area contributed by atoms with Gasteiger partial charge in [-0.3, -0.25) is 4.79 Å². The summed E-state index contributed by atoms with van der Waals surface area (Å²) in [4.78, 5) is 12.0. The van der Waals surface area contributed by atoms with Crippen LogP contribution in [0.3, 0.4) is 0 Å². The summed E-state index contributed by atoms with van der Waals surface area (Å²) < 4.78 is 0. The number of carbonyl (C=O) groups is 1. The third-order valence-corrected chi connectivity index (χ3v) is 2.97. The Bertz CT molecular complexity index is 463. The molecule has 3 heteroatoms. The molecule has 0 unspecified atom stereocenters. The van der Waals surface area contributed by atoms with Gasteiger partial charge in [0.25, 0.3) is 0 Å². The minimum atomic E-state index is 0.0886. The highest BCUT2D eigenvalue weighted by Gasteiger charge is 2.26. The highest BCUT2D eigenvalue weighted by atomic mass is 35.5. The van der Waals surface area contributed by atoms with E-state index in [4.69, 9.17) is 11.6 Å². The molecule has 0 heterocycles. The van der Waals surface area contributed by atoms with Crippen molar-refractivity contribution < 1.29 is 4.79 Å². The highest BCUT2D eigenvalue weighted by Crippen LogP contribution is 2.31. The van der Waals surface area contributed by atoms with Gasteiger partial charge in [0, 0.05) is 34.8 Å². The predicted molar refractivity (Wildman–Crippen MR) is 65.8 cm³/mol. The summed E-state index contributed by atoms with van der Waals surface area (Å²) in [6.45, 7) is 4.08. The number of fused-ring (bicyclic) bond motifs is 1. The number of benzene rings is 1. The lowest BCUT2D eigenvalue weighted by molar-refractivity contribution is 0.103. The summed E-state index contributed by atoms with van der Waals surface area (Å²) in [5.41, 5.74) is 2.48. The van der Waals surface area contributed by atoms with Gasteiger partial charge in [0.05, 0.1) is 0 Å². The number of ketones is 1. The maximum Gasteiger partial charge on any atom is 0.191 e. The Kier molecular flexibility index (Phi) is 3.01. The van der Waals surface area contributed by atoms with E-state index in [1.54, 1.807) is 0 Å². The van der Waals surface area contributed by atoms with Crippen molar-refractivity contribution in [2.45, 2.75) is 26.3 Å². The van der Waals surface area contributed by atoms with Crippen LogP contribution in [0.1, 0.15) is 29.8 Å². The minimum Gasteiger partial charge on any atom is -0.388 e. The second kappa shape index (κ2) is 4.30. The Morgan fingerprint density at radius 3 is 2.81 bits per heavy atom. The zero-order chi connectivity index (χ0) is 11.7. The molecule has 0 bridgehead atoms. The lowest BCUT2D eigenvalue weighted by atomic mass is 10.1. The van der Waals surface area contributed by atoms with Gasteiger partial charge < -0.3 is 5.32 Å². The number of hydrogen-bond acceptors (Lipinski definition) is 2. The summed E-state index contributed by atoms with van der Waals surface area (Å²) in [7, 11) is 0. The van der Waals surface area contributed by atoms with Gasteiger partial charge in [-0.1, -0.05) is 23.7 Å².